The number of aromatic nitrogens is 6. The molecule has 3 unspecified atom stereocenters. The average Bonchev–Trinajstić information content (AvgIpc) is 3.89. The Morgan fingerprint density at radius 2 is 1.80 bits per heavy atom. The summed E-state index contributed by atoms with van der Waals surface area (Å²) < 4.78 is 52.7. The number of ether oxygens (including phenoxy) is 4. The van der Waals surface area contributed by atoms with E-state index in [2.05, 4.69) is 19.9 Å². The van der Waals surface area contributed by atoms with E-state index in [0.717, 1.165) is 22.0 Å². The first-order valence-electron chi connectivity index (χ1n) is 17.0. The largest absolute Gasteiger partial charge is 0.508 e. The first kappa shape index (κ1) is 39.3. The zero-order valence-electron chi connectivity index (χ0n) is 29.4. The molecule has 8 atom stereocenters. The van der Waals surface area contributed by atoms with Crippen molar-refractivity contribution in [1.82, 2.24) is 29.1 Å². The minimum absolute atomic E-state index is 0.00337. The van der Waals surface area contributed by atoms with Crippen molar-refractivity contribution in [2.75, 3.05) is 26.1 Å². The number of H-pyrrole nitrogens is 1. The van der Waals surface area contributed by atoms with Gasteiger partial charge in [-0.25, -0.2) is 29.1 Å². The van der Waals surface area contributed by atoms with Crippen molar-refractivity contribution in [2.24, 2.45) is 0 Å². The van der Waals surface area contributed by atoms with Gasteiger partial charge in [0.2, 0.25) is 0 Å². The van der Waals surface area contributed by atoms with Crippen molar-refractivity contribution >= 4 is 41.1 Å². The number of aliphatic hydroxyl groups is 2. The maximum absolute atomic E-state index is 14.7. The molecular weight excluding hydrogens is 777 g/mol. The zero-order chi connectivity index (χ0) is 39.6. The fraction of sp³-hybridized carbons (Fsp3) is 0.353. The minimum Gasteiger partial charge on any atom is -0.508 e. The summed E-state index contributed by atoms with van der Waals surface area (Å²) in [5, 5.41) is 30.8. The Morgan fingerprint density at radius 1 is 1.04 bits per heavy atom. The molecule has 3 aromatic heterocycles. The van der Waals surface area contributed by atoms with Gasteiger partial charge in [0.05, 0.1) is 31.2 Å². The molecule has 5 aromatic rings. The number of esters is 1. The Balaban J connectivity index is 1.09. The Kier molecular flexibility index (Phi) is 11.7. The molecule has 0 aliphatic carbocycles. The van der Waals surface area contributed by atoms with Crippen LogP contribution in [0.5, 0.6) is 11.5 Å². The number of hydrogen-bond acceptors (Lipinski definition) is 18. The van der Waals surface area contributed by atoms with Crippen molar-refractivity contribution in [3.05, 3.63) is 105 Å². The van der Waals surface area contributed by atoms with Crippen LogP contribution in [0.25, 0.3) is 11.2 Å². The summed E-state index contributed by atoms with van der Waals surface area (Å²) in [5.41, 5.74) is 6.08. The number of aromatic hydroxyl groups is 1. The van der Waals surface area contributed by atoms with Crippen molar-refractivity contribution in [3.8, 4) is 11.5 Å². The summed E-state index contributed by atoms with van der Waals surface area (Å²) in [7, 11) is 1.31. The number of aliphatic hydroxyl groups excluding tert-OH is 2. The number of nitrogens with one attached hydrogen (secondary N) is 1. The predicted molar refractivity (Wildman–Crippen MR) is 197 cm³/mol. The Bertz CT molecular complexity index is 2340. The van der Waals surface area contributed by atoms with Crippen LogP contribution in [0.15, 0.2) is 83.0 Å². The molecule has 2 aromatic carbocycles. The molecule has 22 heteroatoms. The molecule has 0 radical (unpaired) electrons. The number of rotatable bonds is 14. The van der Waals surface area contributed by atoms with Gasteiger partial charge in [-0.05, 0) is 53.3 Å². The Hall–Kier alpha value is -4.96. The van der Waals surface area contributed by atoms with Gasteiger partial charge in [-0.2, -0.15) is 0 Å². The molecule has 2 fully saturated rings. The van der Waals surface area contributed by atoms with E-state index in [-0.39, 0.29) is 35.1 Å². The summed E-state index contributed by atoms with van der Waals surface area (Å²) in [6.45, 7) is -5.35. The van der Waals surface area contributed by atoms with Gasteiger partial charge in [0.15, 0.2) is 17.7 Å². The molecule has 5 heterocycles. The molecule has 2 aliphatic heterocycles. The summed E-state index contributed by atoms with van der Waals surface area (Å²) in [5.74, 6) is -0.187. The molecule has 56 heavy (non-hydrogen) atoms. The van der Waals surface area contributed by atoms with Gasteiger partial charge in [0.1, 0.15) is 54.0 Å². The van der Waals surface area contributed by atoms with Crippen LogP contribution in [-0.4, -0.2) is 101 Å². The van der Waals surface area contributed by atoms with Crippen molar-refractivity contribution in [1.29, 1.82) is 0 Å². The molecule has 6 N–H and O–H groups in total. The lowest BCUT2D eigenvalue weighted by atomic mass is 10.1. The highest BCUT2D eigenvalue weighted by atomic mass is 32.7. The lowest BCUT2D eigenvalue weighted by Crippen LogP contribution is -2.39. The molecule has 0 amide bonds. The van der Waals surface area contributed by atoms with Gasteiger partial charge < -0.3 is 40.0 Å². The van der Waals surface area contributed by atoms with E-state index in [4.69, 9.17) is 33.7 Å². The van der Waals surface area contributed by atoms with E-state index in [0.29, 0.717) is 16.7 Å². The number of methoxy groups -OCH3 is 1. The van der Waals surface area contributed by atoms with E-state index in [1.54, 1.807) is 28.8 Å². The number of anilines is 1. The molecule has 7 rings (SSSR count). The highest BCUT2D eigenvalue weighted by Crippen LogP contribution is 2.64. The number of nitrogens with zero attached hydrogens (tertiary/aromatic N) is 5. The van der Waals surface area contributed by atoms with Crippen LogP contribution in [-0.2, 0) is 33.6 Å². The van der Waals surface area contributed by atoms with Gasteiger partial charge in [-0.1, -0.05) is 12.1 Å². The smallest absolute Gasteiger partial charge is 0.389 e. The van der Waals surface area contributed by atoms with Crippen LogP contribution >= 0.6 is 18.2 Å². The standard InChI is InChI=1S/C34H36N7O13PS/c1-49-29-28(23(13-42)53-32(29)40-11-10-25(45)39-34(40)47)54-55(48,56-15-18-2-8-21(9-3-18)51-33(46)19-4-6-20(43)7-5-19)50-14-24-22(44)12-26(52-24)41-17-38-27-30(35)36-16-37-31(27)41/h2-11,16-17,22-24,26,28-29,32,42-44H,12-15H2,1H3,(H2,35,36,37)(H,39,45,47)/t22?,23-,24-,26-,28+,29?,32-,55?/m1/s1. The first-order chi connectivity index (χ1) is 26.9. The van der Waals surface area contributed by atoms with Crippen LogP contribution < -0.4 is 21.7 Å². The fourth-order valence-corrected chi connectivity index (χ4v) is 9.57. The highest BCUT2D eigenvalue weighted by Gasteiger charge is 2.51. The number of carbonyl (C=O) groups is 1. The second-order valence-corrected chi connectivity index (χ2v) is 16.7. The molecule has 2 aliphatic rings. The topological polar surface area (TPSA) is 275 Å². The maximum Gasteiger partial charge on any atom is 0.389 e. The zero-order valence-corrected chi connectivity index (χ0v) is 31.1. The molecular formula is C34H36N7O13PS. The van der Waals surface area contributed by atoms with E-state index in [9.17, 15) is 34.3 Å². The Labute approximate surface area is 320 Å². The van der Waals surface area contributed by atoms with E-state index in [1.165, 1.54) is 50.2 Å². The number of phenols is 1. The van der Waals surface area contributed by atoms with E-state index < -0.39 is 80.2 Å². The number of carbonyl (C=O) groups excluding carboxylic acids is 1. The van der Waals surface area contributed by atoms with E-state index >= 15 is 0 Å². The van der Waals surface area contributed by atoms with Gasteiger partial charge in [-0.3, -0.25) is 28.0 Å². The van der Waals surface area contributed by atoms with Crippen molar-refractivity contribution in [2.45, 2.75) is 55.1 Å². The van der Waals surface area contributed by atoms with Crippen LogP contribution in [0.3, 0.4) is 0 Å². The van der Waals surface area contributed by atoms with Gasteiger partial charge in [0.25, 0.3) is 5.56 Å². The van der Waals surface area contributed by atoms with Crippen LogP contribution in [0.2, 0.25) is 0 Å². The molecule has 0 spiro atoms. The third-order valence-electron chi connectivity index (χ3n) is 9.04. The second kappa shape index (κ2) is 16.6. The van der Waals surface area contributed by atoms with Gasteiger partial charge >= 0.3 is 18.5 Å². The minimum atomic E-state index is -4.31. The molecule has 2 saturated heterocycles. The fourth-order valence-electron chi connectivity index (χ4n) is 6.18. The molecule has 0 bridgehead atoms. The number of hydrogen-bond donors (Lipinski definition) is 5. The second-order valence-electron chi connectivity index (χ2n) is 12.6. The third kappa shape index (κ3) is 8.41. The maximum atomic E-state index is 14.7. The SMILES string of the molecule is COC1[C@@H](OP(=O)(OC[C@H]2O[C@@H](n3cnc4c(N)ncnc43)CC2O)SCc2ccc(OC(=O)c3ccc(O)cc3)cc2)[C@@H](CO)O[C@H]1n1ccc(=O)[nH]c1=O. The summed E-state index contributed by atoms with van der Waals surface area (Å²) in [6, 6.07) is 13.1. The monoisotopic (exact) mass is 813 g/mol. The number of nitrogen functional groups attached to an aromatic ring is 1. The first-order valence-corrected chi connectivity index (χ1v) is 20.1. The number of aromatic amines is 1. The number of nitrogens with two attached hydrogens (primary N) is 1. The lowest BCUT2D eigenvalue weighted by molar-refractivity contribution is -0.0625. The van der Waals surface area contributed by atoms with Gasteiger partial charge in [-0.15, -0.1) is 0 Å². The number of phenolic OH excluding ortho intramolecular Hbond substituents is 1. The molecule has 20 nitrogen and oxygen atoms in total. The lowest BCUT2D eigenvalue weighted by Gasteiger charge is -2.28. The number of fused-ring (bicyclic) bond motifs is 1. The van der Waals surface area contributed by atoms with Crippen molar-refractivity contribution < 1.29 is 52.7 Å². The van der Waals surface area contributed by atoms with Gasteiger partial charge in [0, 0.05) is 31.5 Å². The van der Waals surface area contributed by atoms with E-state index in [1.807, 2.05) is 0 Å². The van der Waals surface area contributed by atoms with Crippen molar-refractivity contribution in [3.63, 3.8) is 0 Å². The molecule has 0 saturated carbocycles. The third-order valence-corrected chi connectivity index (χ3v) is 12.7. The highest BCUT2D eigenvalue weighted by molar-refractivity contribution is 8.54. The van der Waals surface area contributed by atoms with Crippen LogP contribution in [0.4, 0.5) is 5.82 Å². The summed E-state index contributed by atoms with van der Waals surface area (Å²) >= 11 is 0.783. The number of imidazole rings is 1. The normalized spacial score (nSPS) is 24.7. The summed E-state index contributed by atoms with van der Waals surface area (Å²) in [4.78, 5) is 51.5. The van der Waals surface area contributed by atoms with Crippen LogP contribution in [0.1, 0.15) is 34.8 Å². The number of benzene rings is 2. The predicted octanol–water partition coefficient (Wildman–Crippen LogP) is 1.88. The quantitative estimate of drug-likeness (QED) is 0.0608. The molecule has 296 valence electrons. The Morgan fingerprint density at radius 3 is 2.52 bits per heavy atom. The summed E-state index contributed by atoms with van der Waals surface area (Å²) in [6.07, 6.45) is -3.51. The van der Waals surface area contributed by atoms with Crippen LogP contribution in [0, 0.1) is 0 Å². The average molecular weight is 814 g/mol.